The van der Waals surface area contributed by atoms with Crippen molar-refractivity contribution in [3.63, 3.8) is 0 Å². The summed E-state index contributed by atoms with van der Waals surface area (Å²) in [6, 6.07) is 7.61. The van der Waals surface area contributed by atoms with Gasteiger partial charge in [0.2, 0.25) is 5.88 Å². The Morgan fingerprint density at radius 1 is 1.15 bits per heavy atom. The normalized spacial score (nSPS) is 11.3. The van der Waals surface area contributed by atoms with Gasteiger partial charge in [-0.05, 0) is 18.4 Å². The van der Waals surface area contributed by atoms with Crippen LogP contribution in [0.5, 0.6) is 11.6 Å². The Balaban J connectivity index is 0.00000163. The van der Waals surface area contributed by atoms with E-state index in [0.717, 1.165) is 6.07 Å². The number of aromatic nitrogens is 2. The van der Waals surface area contributed by atoms with Crippen LogP contribution in [0.1, 0.15) is 12.7 Å². The molecule has 2 rings (SSSR count). The molecule has 1 heterocycles. The van der Waals surface area contributed by atoms with Crippen molar-refractivity contribution in [1.82, 2.24) is 9.97 Å². The zero-order chi connectivity index (χ0) is 20.0. The van der Waals surface area contributed by atoms with Gasteiger partial charge in [-0.25, -0.2) is 4.98 Å². The highest BCUT2D eigenvalue weighted by atomic mass is 32.2. The highest BCUT2D eigenvalue weighted by molar-refractivity contribution is 7.87. The SMILES string of the molecule is CCc1nc(OS(=O)(=O)C(F)(F)F)cc(-c2cccc(OC)c2)n1.CS. The van der Waals surface area contributed by atoms with Crippen LogP contribution in [0.3, 0.4) is 0 Å². The van der Waals surface area contributed by atoms with Crippen molar-refractivity contribution < 1.29 is 30.5 Å². The molecule has 11 heteroatoms. The summed E-state index contributed by atoms with van der Waals surface area (Å²) < 4.78 is 68.8. The maximum Gasteiger partial charge on any atom is 0.534 e. The fourth-order valence-corrected chi connectivity index (χ4v) is 2.17. The summed E-state index contributed by atoms with van der Waals surface area (Å²) in [5, 5.41) is 0. The fourth-order valence-electron chi connectivity index (χ4n) is 1.76. The smallest absolute Gasteiger partial charge is 0.497 e. The number of aryl methyl sites for hydroxylation is 1. The van der Waals surface area contributed by atoms with E-state index in [-0.39, 0.29) is 17.9 Å². The third-order valence-corrected chi connectivity index (χ3v) is 3.87. The number of methoxy groups -OCH3 is 1. The lowest BCUT2D eigenvalue weighted by atomic mass is 10.1. The van der Waals surface area contributed by atoms with E-state index in [0.29, 0.717) is 11.3 Å². The molecular weight excluding hydrogens is 393 g/mol. The fraction of sp³-hybridized carbons (Fsp3) is 0.333. The van der Waals surface area contributed by atoms with Gasteiger partial charge in [0.15, 0.2) is 0 Å². The molecule has 0 aliphatic rings. The number of hydrogen-bond donors (Lipinski definition) is 1. The summed E-state index contributed by atoms with van der Waals surface area (Å²) in [6.07, 6.45) is 1.97. The lowest BCUT2D eigenvalue weighted by Crippen LogP contribution is -2.28. The largest absolute Gasteiger partial charge is 0.534 e. The summed E-state index contributed by atoms with van der Waals surface area (Å²) in [4.78, 5) is 7.84. The van der Waals surface area contributed by atoms with Gasteiger partial charge in [0, 0.05) is 18.1 Å². The van der Waals surface area contributed by atoms with Gasteiger partial charge in [0.1, 0.15) is 11.6 Å². The zero-order valence-corrected chi connectivity index (χ0v) is 15.8. The molecule has 26 heavy (non-hydrogen) atoms. The highest BCUT2D eigenvalue weighted by Gasteiger charge is 2.49. The molecule has 1 aromatic heterocycles. The molecule has 0 saturated carbocycles. The molecule has 6 nitrogen and oxygen atoms in total. The van der Waals surface area contributed by atoms with Gasteiger partial charge in [-0.3, -0.25) is 0 Å². The van der Waals surface area contributed by atoms with Crippen LogP contribution in [0, 0.1) is 0 Å². The van der Waals surface area contributed by atoms with E-state index in [4.69, 9.17) is 4.74 Å². The van der Waals surface area contributed by atoms with Crippen molar-refractivity contribution in [2.75, 3.05) is 13.4 Å². The van der Waals surface area contributed by atoms with Crippen LogP contribution in [0.25, 0.3) is 11.3 Å². The van der Waals surface area contributed by atoms with Crippen molar-refractivity contribution >= 4 is 22.7 Å². The molecule has 0 aliphatic carbocycles. The Morgan fingerprint density at radius 2 is 1.81 bits per heavy atom. The van der Waals surface area contributed by atoms with Gasteiger partial charge in [0.25, 0.3) is 0 Å². The van der Waals surface area contributed by atoms with Crippen molar-refractivity contribution in [1.29, 1.82) is 0 Å². The molecule has 0 saturated heterocycles. The second-order valence-electron chi connectivity index (χ2n) is 4.58. The summed E-state index contributed by atoms with van der Waals surface area (Å²) in [7, 11) is -4.34. The lowest BCUT2D eigenvalue weighted by Gasteiger charge is -2.11. The number of hydrogen-bond acceptors (Lipinski definition) is 7. The minimum absolute atomic E-state index is 0.141. The van der Waals surface area contributed by atoms with Crippen LogP contribution in [-0.4, -0.2) is 37.3 Å². The predicted molar refractivity (Wildman–Crippen MR) is 93.9 cm³/mol. The first kappa shape index (κ1) is 22.0. The predicted octanol–water partition coefficient (Wildman–Crippen LogP) is 3.49. The van der Waals surface area contributed by atoms with E-state index in [9.17, 15) is 21.6 Å². The van der Waals surface area contributed by atoms with Crippen molar-refractivity contribution in [3.8, 4) is 22.9 Å². The first-order valence-corrected chi connectivity index (χ1v) is 9.44. The van der Waals surface area contributed by atoms with Crippen molar-refractivity contribution in [3.05, 3.63) is 36.2 Å². The summed E-state index contributed by atoms with van der Waals surface area (Å²) in [5.41, 5.74) is -4.81. The van der Waals surface area contributed by atoms with Crippen LogP contribution in [0.4, 0.5) is 13.2 Å². The maximum absolute atomic E-state index is 12.5. The van der Waals surface area contributed by atoms with E-state index >= 15 is 0 Å². The molecular formula is C15H17F3N2O4S2. The molecule has 0 aliphatic heterocycles. The van der Waals surface area contributed by atoms with E-state index in [1.165, 1.54) is 7.11 Å². The average Bonchev–Trinajstić information content (AvgIpc) is 2.61. The van der Waals surface area contributed by atoms with Crippen LogP contribution in [0.2, 0.25) is 0 Å². The number of rotatable bonds is 5. The molecule has 1 aromatic carbocycles. The molecule has 0 radical (unpaired) electrons. The van der Waals surface area contributed by atoms with Crippen LogP contribution < -0.4 is 8.92 Å². The van der Waals surface area contributed by atoms with Gasteiger partial charge >= 0.3 is 15.6 Å². The van der Waals surface area contributed by atoms with Gasteiger partial charge in [0.05, 0.1) is 12.8 Å². The van der Waals surface area contributed by atoms with Crippen LogP contribution in [-0.2, 0) is 16.5 Å². The number of benzene rings is 1. The summed E-state index contributed by atoms with van der Waals surface area (Å²) in [5.74, 6) is -0.0470. The molecule has 0 unspecified atom stereocenters. The Bertz CT molecular complexity index is 843. The molecule has 0 bridgehead atoms. The zero-order valence-electron chi connectivity index (χ0n) is 14.1. The molecule has 0 atom stereocenters. The average molecular weight is 410 g/mol. The van der Waals surface area contributed by atoms with E-state index in [1.54, 1.807) is 37.4 Å². The van der Waals surface area contributed by atoms with E-state index in [1.807, 2.05) is 0 Å². The van der Waals surface area contributed by atoms with Gasteiger partial charge in [-0.2, -0.15) is 39.2 Å². The first-order valence-electron chi connectivity index (χ1n) is 7.14. The topological polar surface area (TPSA) is 78.4 Å². The molecule has 144 valence electrons. The molecule has 0 fully saturated rings. The molecule has 0 N–H and O–H groups in total. The molecule has 0 amide bonds. The Hall–Kier alpha value is -2.01. The minimum Gasteiger partial charge on any atom is -0.497 e. The quantitative estimate of drug-likeness (QED) is 0.462. The Labute approximate surface area is 154 Å². The highest BCUT2D eigenvalue weighted by Crippen LogP contribution is 2.29. The van der Waals surface area contributed by atoms with Gasteiger partial charge < -0.3 is 8.92 Å². The molecule has 0 spiro atoms. The monoisotopic (exact) mass is 410 g/mol. The number of nitrogens with zero attached hydrogens (tertiary/aromatic N) is 2. The minimum atomic E-state index is -5.80. The second kappa shape index (κ2) is 9.08. The standard InChI is InChI=1S/C14H13F3N2O4S.CH4S/c1-3-12-18-11(9-5-4-6-10(7-9)22-2)8-13(19-12)23-24(20,21)14(15,16)17;1-2/h4-8H,3H2,1-2H3;2H,1H3. The van der Waals surface area contributed by atoms with Crippen molar-refractivity contribution in [2.24, 2.45) is 0 Å². The summed E-state index contributed by atoms with van der Waals surface area (Å²) >= 11 is 3.53. The third kappa shape index (κ3) is 5.49. The van der Waals surface area contributed by atoms with E-state index < -0.39 is 21.5 Å². The maximum atomic E-state index is 12.5. The van der Waals surface area contributed by atoms with E-state index in [2.05, 4.69) is 26.8 Å². The van der Waals surface area contributed by atoms with Crippen LogP contribution in [0.15, 0.2) is 30.3 Å². The Morgan fingerprint density at radius 3 is 2.35 bits per heavy atom. The van der Waals surface area contributed by atoms with Gasteiger partial charge in [-0.15, -0.1) is 0 Å². The number of ether oxygens (including phenoxy) is 1. The summed E-state index contributed by atoms with van der Waals surface area (Å²) in [6.45, 7) is 1.67. The second-order valence-corrected chi connectivity index (χ2v) is 6.11. The Kier molecular flexibility index (Phi) is 7.69. The third-order valence-electron chi connectivity index (χ3n) is 2.91. The molecule has 2 aromatic rings. The number of alkyl halides is 3. The number of thiol groups is 1. The number of halogens is 3. The first-order chi connectivity index (χ1) is 12.2. The van der Waals surface area contributed by atoms with Gasteiger partial charge in [-0.1, -0.05) is 19.1 Å². The van der Waals surface area contributed by atoms with Crippen molar-refractivity contribution in [2.45, 2.75) is 18.9 Å². The lowest BCUT2D eigenvalue weighted by molar-refractivity contribution is -0.0501. The van der Waals surface area contributed by atoms with Crippen LogP contribution >= 0.6 is 12.6 Å².